The molecule has 0 spiro atoms. The summed E-state index contributed by atoms with van der Waals surface area (Å²) in [4.78, 5) is 12.4. The minimum absolute atomic E-state index is 0.156. The Morgan fingerprint density at radius 1 is 1.07 bits per heavy atom. The summed E-state index contributed by atoms with van der Waals surface area (Å²) in [6, 6.07) is 12.7. The molecule has 0 bridgehead atoms. The van der Waals surface area contributed by atoms with E-state index in [9.17, 15) is 4.79 Å². The molecule has 1 heterocycles. The monoisotopic (exact) mass is 400 g/mol. The molecular weight excluding hydrogens is 380 g/mol. The summed E-state index contributed by atoms with van der Waals surface area (Å²) in [5.74, 6) is 1.87. The number of aromatic nitrogens is 3. The Morgan fingerprint density at radius 3 is 2.61 bits per heavy atom. The van der Waals surface area contributed by atoms with Crippen molar-refractivity contribution in [1.29, 1.82) is 0 Å². The first-order valence-electron chi connectivity index (χ1n) is 8.33. The third-order valence-electron chi connectivity index (χ3n) is 3.86. The van der Waals surface area contributed by atoms with Gasteiger partial charge in [-0.25, -0.2) is 0 Å². The van der Waals surface area contributed by atoms with E-state index in [0.29, 0.717) is 22.3 Å². The second kappa shape index (κ2) is 9.14. The number of hydrogen-bond donors (Lipinski definition) is 1. The van der Waals surface area contributed by atoms with Crippen molar-refractivity contribution < 1.29 is 19.0 Å². The molecule has 3 aromatic rings. The average Bonchev–Trinajstić information content (AvgIpc) is 3.21. The number of carbonyl (C=O) groups excluding carboxylic acids is 1. The van der Waals surface area contributed by atoms with Crippen LogP contribution in [0.4, 0.5) is 5.69 Å². The number of hydrogen-bond acceptors (Lipinski definition) is 7. The molecule has 2 aromatic carbocycles. The van der Waals surface area contributed by atoms with E-state index >= 15 is 0 Å². The molecule has 0 fully saturated rings. The van der Waals surface area contributed by atoms with Crippen LogP contribution in [0.3, 0.4) is 0 Å². The van der Waals surface area contributed by atoms with Crippen LogP contribution in [0.2, 0.25) is 0 Å². The molecule has 28 heavy (non-hydrogen) atoms. The first-order valence-corrected chi connectivity index (χ1v) is 9.32. The van der Waals surface area contributed by atoms with Crippen molar-refractivity contribution in [2.45, 2.75) is 5.16 Å². The highest BCUT2D eigenvalue weighted by molar-refractivity contribution is 7.99. The number of methoxy groups -OCH3 is 3. The third-order valence-corrected chi connectivity index (χ3v) is 4.80. The van der Waals surface area contributed by atoms with Crippen LogP contribution in [0.25, 0.3) is 5.69 Å². The molecule has 1 aromatic heterocycles. The summed E-state index contributed by atoms with van der Waals surface area (Å²) >= 11 is 1.28. The normalized spacial score (nSPS) is 10.4. The van der Waals surface area contributed by atoms with Crippen molar-refractivity contribution in [3.05, 3.63) is 48.8 Å². The Labute approximate surface area is 166 Å². The Bertz CT molecular complexity index is 961. The predicted octanol–water partition coefficient (Wildman–Crippen LogP) is 3.02. The number of nitrogens with zero attached hydrogens (tertiary/aromatic N) is 3. The van der Waals surface area contributed by atoms with Crippen LogP contribution in [0.5, 0.6) is 17.2 Å². The first-order chi connectivity index (χ1) is 13.6. The van der Waals surface area contributed by atoms with Crippen molar-refractivity contribution in [2.24, 2.45) is 0 Å². The molecule has 0 saturated carbocycles. The molecule has 0 atom stereocenters. The molecule has 0 aliphatic heterocycles. The molecule has 0 radical (unpaired) electrons. The van der Waals surface area contributed by atoms with Gasteiger partial charge in [-0.15, -0.1) is 10.2 Å². The number of benzene rings is 2. The zero-order chi connectivity index (χ0) is 19.9. The minimum atomic E-state index is -0.197. The van der Waals surface area contributed by atoms with Crippen molar-refractivity contribution in [2.75, 3.05) is 32.4 Å². The van der Waals surface area contributed by atoms with Gasteiger partial charge in [-0.1, -0.05) is 17.8 Å². The fraction of sp³-hybridized carbons (Fsp3) is 0.211. The second-order valence-electron chi connectivity index (χ2n) is 5.59. The molecule has 0 saturated heterocycles. The average molecular weight is 400 g/mol. The molecule has 1 amide bonds. The standard InChI is InChI=1S/C19H20N4O4S/c1-25-14-6-4-5-13(9-14)23-12-20-22-19(23)28-11-18(24)21-16-10-15(26-2)7-8-17(16)27-3/h4-10,12H,11H2,1-3H3,(H,21,24). The Kier molecular flexibility index (Phi) is 6.38. The summed E-state index contributed by atoms with van der Waals surface area (Å²) in [6.45, 7) is 0. The van der Waals surface area contributed by atoms with E-state index in [-0.39, 0.29) is 11.7 Å². The Hall–Kier alpha value is -3.20. The van der Waals surface area contributed by atoms with Gasteiger partial charge in [0, 0.05) is 12.1 Å². The number of nitrogens with one attached hydrogen (secondary N) is 1. The van der Waals surface area contributed by atoms with E-state index in [1.165, 1.54) is 11.8 Å². The van der Waals surface area contributed by atoms with E-state index in [1.54, 1.807) is 50.4 Å². The lowest BCUT2D eigenvalue weighted by atomic mass is 10.2. The van der Waals surface area contributed by atoms with Crippen LogP contribution in [0.1, 0.15) is 0 Å². The summed E-state index contributed by atoms with van der Waals surface area (Å²) < 4.78 is 17.5. The van der Waals surface area contributed by atoms with E-state index in [0.717, 1.165) is 11.4 Å². The Balaban J connectivity index is 1.69. The second-order valence-corrected chi connectivity index (χ2v) is 6.53. The van der Waals surface area contributed by atoms with Crippen molar-refractivity contribution in [3.63, 3.8) is 0 Å². The molecular formula is C19H20N4O4S. The van der Waals surface area contributed by atoms with E-state index in [1.807, 2.05) is 24.3 Å². The fourth-order valence-corrected chi connectivity index (χ4v) is 3.22. The number of rotatable bonds is 8. The maximum Gasteiger partial charge on any atom is 0.234 e. The van der Waals surface area contributed by atoms with E-state index in [2.05, 4.69) is 15.5 Å². The SMILES string of the molecule is COc1cccc(-n2cnnc2SCC(=O)Nc2cc(OC)ccc2OC)c1. The van der Waals surface area contributed by atoms with Gasteiger partial charge < -0.3 is 19.5 Å². The predicted molar refractivity (Wildman–Crippen MR) is 107 cm³/mol. The molecule has 0 aliphatic rings. The minimum Gasteiger partial charge on any atom is -0.497 e. The number of carbonyl (C=O) groups is 1. The van der Waals surface area contributed by atoms with Gasteiger partial charge in [0.05, 0.1) is 38.5 Å². The number of anilines is 1. The highest BCUT2D eigenvalue weighted by atomic mass is 32.2. The maximum absolute atomic E-state index is 12.4. The Morgan fingerprint density at radius 2 is 1.86 bits per heavy atom. The van der Waals surface area contributed by atoms with Crippen molar-refractivity contribution in [1.82, 2.24) is 14.8 Å². The van der Waals surface area contributed by atoms with Gasteiger partial charge in [0.1, 0.15) is 23.6 Å². The van der Waals surface area contributed by atoms with Crippen LogP contribution < -0.4 is 19.5 Å². The van der Waals surface area contributed by atoms with Crippen molar-refractivity contribution in [3.8, 4) is 22.9 Å². The van der Waals surface area contributed by atoms with Gasteiger partial charge >= 0.3 is 0 Å². The molecule has 0 unspecified atom stereocenters. The van der Waals surface area contributed by atoms with Crippen LogP contribution >= 0.6 is 11.8 Å². The highest BCUT2D eigenvalue weighted by Gasteiger charge is 2.13. The quantitative estimate of drug-likeness (QED) is 0.582. The van der Waals surface area contributed by atoms with Crippen LogP contribution in [-0.2, 0) is 4.79 Å². The number of thioether (sulfide) groups is 1. The third kappa shape index (κ3) is 4.55. The number of ether oxygens (including phenoxy) is 3. The van der Waals surface area contributed by atoms with Gasteiger partial charge in [0.15, 0.2) is 5.16 Å². The molecule has 1 N–H and O–H groups in total. The lowest BCUT2D eigenvalue weighted by Crippen LogP contribution is -2.15. The van der Waals surface area contributed by atoms with Gasteiger partial charge in [-0.3, -0.25) is 9.36 Å². The van der Waals surface area contributed by atoms with Crippen LogP contribution in [0.15, 0.2) is 53.9 Å². The summed E-state index contributed by atoms with van der Waals surface area (Å²) in [5.41, 5.74) is 1.39. The summed E-state index contributed by atoms with van der Waals surface area (Å²) in [5, 5.41) is 11.5. The zero-order valence-corrected chi connectivity index (χ0v) is 16.5. The van der Waals surface area contributed by atoms with Gasteiger partial charge in [0.2, 0.25) is 5.91 Å². The van der Waals surface area contributed by atoms with Gasteiger partial charge in [-0.05, 0) is 24.3 Å². The first kappa shape index (κ1) is 19.6. The van der Waals surface area contributed by atoms with Crippen molar-refractivity contribution >= 4 is 23.4 Å². The van der Waals surface area contributed by atoms with Crippen LogP contribution in [-0.4, -0.2) is 47.8 Å². The molecule has 9 heteroatoms. The highest BCUT2D eigenvalue weighted by Crippen LogP contribution is 2.29. The summed E-state index contributed by atoms with van der Waals surface area (Å²) in [6.07, 6.45) is 1.60. The van der Waals surface area contributed by atoms with E-state index in [4.69, 9.17) is 14.2 Å². The lowest BCUT2D eigenvalue weighted by Gasteiger charge is -2.12. The smallest absolute Gasteiger partial charge is 0.234 e. The zero-order valence-electron chi connectivity index (χ0n) is 15.7. The topological polar surface area (TPSA) is 87.5 Å². The maximum atomic E-state index is 12.4. The molecule has 0 aliphatic carbocycles. The molecule has 146 valence electrons. The number of amides is 1. The lowest BCUT2D eigenvalue weighted by molar-refractivity contribution is -0.113. The van der Waals surface area contributed by atoms with Crippen LogP contribution in [0, 0.1) is 0 Å². The fourth-order valence-electron chi connectivity index (χ4n) is 2.49. The molecule has 3 rings (SSSR count). The molecule has 8 nitrogen and oxygen atoms in total. The van der Waals surface area contributed by atoms with Gasteiger partial charge in [0.25, 0.3) is 0 Å². The van der Waals surface area contributed by atoms with E-state index < -0.39 is 0 Å². The van der Waals surface area contributed by atoms with Gasteiger partial charge in [-0.2, -0.15) is 0 Å². The largest absolute Gasteiger partial charge is 0.497 e. The summed E-state index contributed by atoms with van der Waals surface area (Å²) in [7, 11) is 4.72.